The molecule has 6 heteroatoms. The molecule has 2 heterocycles. The number of piperazine rings is 1. The summed E-state index contributed by atoms with van der Waals surface area (Å²) in [5.74, 6) is -0.143. The largest absolute Gasteiger partial charge is 0.348 e. The lowest BCUT2D eigenvalue weighted by atomic mass is 9.94. The smallest absolute Gasteiger partial charge is 0.311 e. The van der Waals surface area contributed by atoms with Crippen molar-refractivity contribution in [2.75, 3.05) is 52.9 Å². The average Bonchev–Trinajstić information content (AvgIpc) is 2.49. The van der Waals surface area contributed by atoms with Crippen LogP contribution >= 0.6 is 0 Å². The molecule has 2 rings (SSSR count). The molecule has 0 aliphatic carbocycles. The highest BCUT2D eigenvalue weighted by atomic mass is 16.2. The van der Waals surface area contributed by atoms with E-state index in [1.54, 1.807) is 4.90 Å². The number of carbonyl (C=O) groups is 2. The van der Waals surface area contributed by atoms with Gasteiger partial charge in [0, 0.05) is 32.7 Å². The molecule has 0 radical (unpaired) electrons. The van der Waals surface area contributed by atoms with Crippen molar-refractivity contribution in [1.29, 1.82) is 0 Å². The van der Waals surface area contributed by atoms with Crippen LogP contribution in [-0.4, -0.2) is 74.5 Å². The summed E-state index contributed by atoms with van der Waals surface area (Å²) in [5, 5.41) is 5.94. The molecule has 0 spiro atoms. The third kappa shape index (κ3) is 4.45. The zero-order valence-electron chi connectivity index (χ0n) is 12.4. The summed E-state index contributed by atoms with van der Waals surface area (Å²) in [7, 11) is 2.14. The molecular formula is C14H26N4O2. The minimum absolute atomic E-state index is 0.380. The quantitative estimate of drug-likeness (QED) is 0.670. The predicted molar refractivity (Wildman–Crippen MR) is 77.3 cm³/mol. The maximum absolute atomic E-state index is 11.9. The minimum Gasteiger partial charge on any atom is -0.348 e. The molecule has 2 aliphatic heterocycles. The first-order valence-corrected chi connectivity index (χ1v) is 7.63. The number of amides is 2. The van der Waals surface area contributed by atoms with E-state index in [0.717, 1.165) is 32.6 Å². The molecule has 0 bridgehead atoms. The molecule has 0 atom stereocenters. The Kier molecular flexibility index (Phi) is 5.79. The molecule has 2 aliphatic rings. The van der Waals surface area contributed by atoms with Crippen LogP contribution in [0.25, 0.3) is 0 Å². The predicted octanol–water partition coefficient (Wildman–Crippen LogP) is -0.734. The number of rotatable bonds is 3. The second-order valence-electron chi connectivity index (χ2n) is 5.83. The summed E-state index contributed by atoms with van der Waals surface area (Å²) in [6, 6.07) is 0. The van der Waals surface area contributed by atoms with Gasteiger partial charge in [0.1, 0.15) is 0 Å². The molecule has 6 nitrogen and oxygen atoms in total. The van der Waals surface area contributed by atoms with Crippen molar-refractivity contribution in [2.24, 2.45) is 5.92 Å². The zero-order valence-corrected chi connectivity index (χ0v) is 12.4. The molecule has 0 saturated carbocycles. The Bertz CT molecular complexity index is 334. The lowest BCUT2D eigenvalue weighted by Gasteiger charge is -2.29. The Labute approximate surface area is 120 Å². The van der Waals surface area contributed by atoms with Crippen LogP contribution in [0.4, 0.5) is 0 Å². The van der Waals surface area contributed by atoms with Gasteiger partial charge in [-0.2, -0.15) is 0 Å². The number of piperidine rings is 1. The molecule has 0 aromatic rings. The molecule has 2 amide bonds. The number of hydrogen-bond donors (Lipinski definition) is 2. The van der Waals surface area contributed by atoms with Gasteiger partial charge in [-0.25, -0.2) is 0 Å². The summed E-state index contributed by atoms with van der Waals surface area (Å²) in [4.78, 5) is 27.7. The Morgan fingerprint density at radius 3 is 2.45 bits per heavy atom. The first-order valence-electron chi connectivity index (χ1n) is 7.63. The highest BCUT2D eigenvalue weighted by molar-refractivity contribution is 6.35. The Morgan fingerprint density at radius 1 is 1.15 bits per heavy atom. The molecule has 0 aromatic carbocycles. The average molecular weight is 282 g/mol. The number of carbonyl (C=O) groups excluding carboxylic acids is 2. The van der Waals surface area contributed by atoms with E-state index in [4.69, 9.17) is 0 Å². The third-order valence-electron chi connectivity index (χ3n) is 4.27. The van der Waals surface area contributed by atoms with Crippen LogP contribution in [0.2, 0.25) is 0 Å². The Morgan fingerprint density at radius 2 is 1.80 bits per heavy atom. The molecule has 0 aromatic heterocycles. The number of hydrogen-bond acceptors (Lipinski definition) is 4. The van der Waals surface area contributed by atoms with Gasteiger partial charge in [0.05, 0.1) is 0 Å². The van der Waals surface area contributed by atoms with Gasteiger partial charge in [-0.15, -0.1) is 0 Å². The van der Waals surface area contributed by atoms with Crippen LogP contribution in [0.1, 0.15) is 19.3 Å². The van der Waals surface area contributed by atoms with E-state index in [2.05, 4.69) is 22.6 Å². The van der Waals surface area contributed by atoms with Gasteiger partial charge in [0.15, 0.2) is 0 Å². The van der Waals surface area contributed by atoms with E-state index in [-0.39, 0.29) is 5.91 Å². The van der Waals surface area contributed by atoms with Gasteiger partial charge in [0.25, 0.3) is 0 Å². The lowest BCUT2D eigenvalue weighted by molar-refractivity contribution is -0.146. The molecule has 2 saturated heterocycles. The first-order chi connectivity index (χ1) is 9.66. The molecule has 2 fully saturated rings. The maximum atomic E-state index is 11.9. The van der Waals surface area contributed by atoms with Crippen molar-refractivity contribution >= 4 is 11.8 Å². The molecule has 0 unspecified atom stereocenters. The molecule has 20 heavy (non-hydrogen) atoms. The second kappa shape index (κ2) is 7.59. The third-order valence-corrected chi connectivity index (χ3v) is 4.27. The van der Waals surface area contributed by atoms with E-state index in [0.29, 0.717) is 25.6 Å². The summed E-state index contributed by atoms with van der Waals surface area (Å²) in [6.45, 7) is 5.69. The topological polar surface area (TPSA) is 64.7 Å². The van der Waals surface area contributed by atoms with Crippen LogP contribution < -0.4 is 10.6 Å². The van der Waals surface area contributed by atoms with Crippen molar-refractivity contribution in [3.8, 4) is 0 Å². The fourth-order valence-electron chi connectivity index (χ4n) is 2.83. The van der Waals surface area contributed by atoms with Crippen molar-refractivity contribution in [3.05, 3.63) is 0 Å². The standard InChI is InChI=1S/C14H26N4O2/c1-17-8-3-12(4-9-17)2-5-16-13(19)14(20)18-10-6-15-7-11-18/h12,15H,2-11H2,1H3,(H,16,19). The SMILES string of the molecule is CN1CCC(CCNC(=O)C(=O)N2CCNCC2)CC1. The van der Waals surface area contributed by atoms with Crippen molar-refractivity contribution in [3.63, 3.8) is 0 Å². The first kappa shape index (κ1) is 15.3. The molecule has 114 valence electrons. The van der Waals surface area contributed by atoms with E-state index in [9.17, 15) is 9.59 Å². The van der Waals surface area contributed by atoms with Crippen molar-refractivity contribution in [1.82, 2.24) is 20.4 Å². The Balaban J connectivity index is 1.63. The van der Waals surface area contributed by atoms with Gasteiger partial charge in [0.2, 0.25) is 0 Å². The van der Waals surface area contributed by atoms with E-state index >= 15 is 0 Å². The Hall–Kier alpha value is -1.14. The van der Waals surface area contributed by atoms with Gasteiger partial charge < -0.3 is 20.4 Å². The highest BCUT2D eigenvalue weighted by Crippen LogP contribution is 2.18. The summed E-state index contributed by atoms with van der Waals surface area (Å²) < 4.78 is 0. The number of nitrogens with zero attached hydrogens (tertiary/aromatic N) is 2. The van der Waals surface area contributed by atoms with Gasteiger partial charge in [-0.3, -0.25) is 9.59 Å². The zero-order chi connectivity index (χ0) is 14.4. The minimum atomic E-state index is -0.445. The lowest BCUT2D eigenvalue weighted by Crippen LogP contribution is -2.51. The van der Waals surface area contributed by atoms with Crippen LogP contribution in [0.3, 0.4) is 0 Å². The molecular weight excluding hydrogens is 256 g/mol. The van der Waals surface area contributed by atoms with Gasteiger partial charge in [-0.05, 0) is 45.3 Å². The highest BCUT2D eigenvalue weighted by Gasteiger charge is 2.23. The van der Waals surface area contributed by atoms with Crippen LogP contribution in [-0.2, 0) is 9.59 Å². The van der Waals surface area contributed by atoms with Gasteiger partial charge in [-0.1, -0.05) is 0 Å². The summed E-state index contributed by atoms with van der Waals surface area (Å²) in [5.41, 5.74) is 0. The van der Waals surface area contributed by atoms with Gasteiger partial charge >= 0.3 is 11.8 Å². The fraction of sp³-hybridized carbons (Fsp3) is 0.857. The maximum Gasteiger partial charge on any atom is 0.311 e. The van der Waals surface area contributed by atoms with E-state index < -0.39 is 5.91 Å². The monoisotopic (exact) mass is 282 g/mol. The number of likely N-dealkylation sites (tertiary alicyclic amines) is 1. The fourth-order valence-corrected chi connectivity index (χ4v) is 2.83. The van der Waals surface area contributed by atoms with E-state index in [1.165, 1.54) is 12.8 Å². The summed E-state index contributed by atoms with van der Waals surface area (Å²) >= 11 is 0. The second-order valence-corrected chi connectivity index (χ2v) is 5.83. The van der Waals surface area contributed by atoms with Crippen molar-refractivity contribution < 1.29 is 9.59 Å². The van der Waals surface area contributed by atoms with Crippen LogP contribution in [0, 0.1) is 5.92 Å². The van der Waals surface area contributed by atoms with Crippen LogP contribution in [0.5, 0.6) is 0 Å². The van der Waals surface area contributed by atoms with Crippen molar-refractivity contribution in [2.45, 2.75) is 19.3 Å². The van der Waals surface area contributed by atoms with Crippen LogP contribution in [0.15, 0.2) is 0 Å². The number of nitrogens with one attached hydrogen (secondary N) is 2. The van der Waals surface area contributed by atoms with E-state index in [1.807, 2.05) is 0 Å². The normalized spacial score (nSPS) is 21.8. The summed E-state index contributed by atoms with van der Waals surface area (Å²) in [6.07, 6.45) is 3.37. The molecule has 2 N–H and O–H groups in total.